The molecule has 7 heteroatoms. The molecule has 0 bridgehead atoms. The Bertz CT molecular complexity index is 595. The third-order valence-corrected chi connectivity index (χ3v) is 4.29. The van der Waals surface area contributed by atoms with E-state index in [0.717, 1.165) is 0 Å². The third kappa shape index (κ3) is 3.95. The van der Waals surface area contributed by atoms with Crippen LogP contribution < -0.4 is 4.72 Å². The highest BCUT2D eigenvalue weighted by Crippen LogP contribution is 2.13. The summed E-state index contributed by atoms with van der Waals surface area (Å²) < 4.78 is 33.2. The molecule has 1 heterocycles. The number of nitrogens with one attached hydrogen (secondary N) is 1. The maximum Gasteiger partial charge on any atom is 0.301 e. The molecule has 1 saturated heterocycles. The Hall–Kier alpha value is -1.59. The lowest BCUT2D eigenvalue weighted by molar-refractivity contribution is 0.0733. The number of nitrogens with zero attached hydrogens (tertiary/aromatic N) is 1. The van der Waals surface area contributed by atoms with Crippen LogP contribution in [0.5, 0.6) is 0 Å². The van der Waals surface area contributed by atoms with Crippen LogP contribution in [-0.4, -0.2) is 50.7 Å². The smallest absolute Gasteiger partial charge is 0.301 e. The van der Waals surface area contributed by atoms with E-state index >= 15 is 0 Å². The Labute approximate surface area is 118 Å². The van der Waals surface area contributed by atoms with Crippen LogP contribution in [0.25, 0.3) is 0 Å². The van der Waals surface area contributed by atoms with Gasteiger partial charge in [-0.2, -0.15) is 12.7 Å². The molecule has 0 aliphatic carbocycles. The second-order valence-corrected chi connectivity index (χ2v) is 5.83. The molecule has 1 aromatic carbocycles. The SMILES string of the molecule is O=S(=O)(Nc1ccc(C#CCO)cc1)N1CCOCC1. The summed E-state index contributed by atoms with van der Waals surface area (Å²) in [5.41, 5.74) is 1.19. The van der Waals surface area contributed by atoms with Crippen molar-refractivity contribution in [3.8, 4) is 11.8 Å². The summed E-state index contributed by atoms with van der Waals surface area (Å²) in [6, 6.07) is 6.67. The first kappa shape index (κ1) is 14.8. The van der Waals surface area contributed by atoms with Crippen molar-refractivity contribution < 1.29 is 18.3 Å². The van der Waals surface area contributed by atoms with Gasteiger partial charge in [0.2, 0.25) is 0 Å². The van der Waals surface area contributed by atoms with Crippen molar-refractivity contribution >= 4 is 15.9 Å². The van der Waals surface area contributed by atoms with Crippen LogP contribution in [0.1, 0.15) is 5.56 Å². The van der Waals surface area contributed by atoms with E-state index in [-0.39, 0.29) is 6.61 Å². The molecule has 1 fully saturated rings. The lowest BCUT2D eigenvalue weighted by Gasteiger charge is -2.26. The van der Waals surface area contributed by atoms with E-state index < -0.39 is 10.2 Å². The molecule has 20 heavy (non-hydrogen) atoms. The van der Waals surface area contributed by atoms with Gasteiger partial charge in [-0.1, -0.05) is 11.8 Å². The zero-order valence-corrected chi connectivity index (χ0v) is 11.7. The van der Waals surface area contributed by atoms with Gasteiger partial charge < -0.3 is 9.84 Å². The van der Waals surface area contributed by atoms with Gasteiger partial charge in [-0.3, -0.25) is 4.72 Å². The Morgan fingerprint density at radius 1 is 1.25 bits per heavy atom. The molecule has 0 radical (unpaired) electrons. The van der Waals surface area contributed by atoms with Crippen molar-refractivity contribution in [2.45, 2.75) is 0 Å². The van der Waals surface area contributed by atoms with Crippen molar-refractivity contribution in [1.82, 2.24) is 4.31 Å². The number of anilines is 1. The topological polar surface area (TPSA) is 78.9 Å². The van der Waals surface area contributed by atoms with Gasteiger partial charge in [-0.15, -0.1) is 0 Å². The minimum absolute atomic E-state index is 0.203. The number of benzene rings is 1. The standard InChI is InChI=1S/C13H16N2O4S/c16-9-1-2-12-3-5-13(6-4-12)14-20(17,18)15-7-10-19-11-8-15/h3-6,14,16H,7-11H2. The Kier molecular flexibility index (Phi) is 4.98. The minimum atomic E-state index is -3.54. The average molecular weight is 296 g/mol. The molecule has 1 aliphatic heterocycles. The average Bonchev–Trinajstić information content (AvgIpc) is 2.47. The Morgan fingerprint density at radius 2 is 1.90 bits per heavy atom. The molecular formula is C13H16N2O4S. The molecular weight excluding hydrogens is 280 g/mol. The van der Waals surface area contributed by atoms with Crippen molar-refractivity contribution in [3.05, 3.63) is 29.8 Å². The molecule has 2 N–H and O–H groups in total. The fraction of sp³-hybridized carbons (Fsp3) is 0.385. The minimum Gasteiger partial charge on any atom is -0.384 e. The molecule has 2 rings (SSSR count). The van der Waals surface area contributed by atoms with Crippen molar-refractivity contribution in [2.24, 2.45) is 0 Å². The van der Waals surface area contributed by atoms with Crippen LogP contribution in [-0.2, 0) is 14.9 Å². The highest BCUT2D eigenvalue weighted by atomic mass is 32.2. The monoisotopic (exact) mass is 296 g/mol. The number of ether oxygens (including phenoxy) is 1. The van der Waals surface area contributed by atoms with Gasteiger partial charge in [-0.05, 0) is 24.3 Å². The summed E-state index contributed by atoms with van der Waals surface area (Å²) in [6.45, 7) is 1.34. The summed E-state index contributed by atoms with van der Waals surface area (Å²) in [5, 5.41) is 8.60. The first-order valence-electron chi connectivity index (χ1n) is 6.17. The molecule has 0 spiro atoms. The zero-order valence-electron chi connectivity index (χ0n) is 10.9. The predicted molar refractivity (Wildman–Crippen MR) is 75.3 cm³/mol. The van der Waals surface area contributed by atoms with Gasteiger partial charge >= 0.3 is 10.2 Å². The van der Waals surface area contributed by atoms with Crippen LogP contribution in [0.4, 0.5) is 5.69 Å². The molecule has 0 amide bonds. The van der Waals surface area contributed by atoms with E-state index in [0.29, 0.717) is 37.6 Å². The number of hydrogen-bond donors (Lipinski definition) is 2. The maximum absolute atomic E-state index is 12.1. The lowest BCUT2D eigenvalue weighted by atomic mass is 10.2. The largest absolute Gasteiger partial charge is 0.384 e. The molecule has 1 aliphatic rings. The van der Waals surface area contributed by atoms with E-state index in [1.165, 1.54) is 4.31 Å². The second kappa shape index (κ2) is 6.72. The normalized spacial score (nSPS) is 16.2. The van der Waals surface area contributed by atoms with Crippen molar-refractivity contribution in [2.75, 3.05) is 37.6 Å². The number of hydrogen-bond acceptors (Lipinski definition) is 4. The fourth-order valence-electron chi connectivity index (χ4n) is 1.76. The predicted octanol–water partition coefficient (Wildman–Crippen LogP) is 0.0193. The second-order valence-electron chi connectivity index (χ2n) is 4.16. The molecule has 1 aromatic rings. The molecule has 0 aromatic heterocycles. The van der Waals surface area contributed by atoms with Gasteiger partial charge in [0.25, 0.3) is 0 Å². The molecule has 0 saturated carbocycles. The van der Waals surface area contributed by atoms with Gasteiger partial charge in [0.05, 0.1) is 13.2 Å². The van der Waals surface area contributed by atoms with Crippen LogP contribution in [0.3, 0.4) is 0 Å². The van der Waals surface area contributed by atoms with E-state index in [1.807, 2.05) is 0 Å². The van der Waals surface area contributed by atoms with Gasteiger partial charge in [0.15, 0.2) is 0 Å². The molecule has 6 nitrogen and oxygen atoms in total. The highest BCUT2D eigenvalue weighted by molar-refractivity contribution is 7.90. The van der Waals surface area contributed by atoms with Crippen molar-refractivity contribution in [3.63, 3.8) is 0 Å². The summed E-state index contributed by atoms with van der Waals surface area (Å²) in [6.07, 6.45) is 0. The van der Waals surface area contributed by atoms with Crippen LogP contribution in [0, 0.1) is 11.8 Å². The number of rotatable bonds is 3. The van der Waals surface area contributed by atoms with E-state index in [4.69, 9.17) is 9.84 Å². The zero-order chi connectivity index (χ0) is 14.4. The first-order valence-corrected chi connectivity index (χ1v) is 7.61. The van der Waals surface area contributed by atoms with Crippen molar-refractivity contribution in [1.29, 1.82) is 0 Å². The fourth-order valence-corrected chi connectivity index (χ4v) is 2.96. The van der Waals surface area contributed by atoms with Crippen LogP contribution in [0.2, 0.25) is 0 Å². The van der Waals surface area contributed by atoms with Gasteiger partial charge in [-0.25, -0.2) is 0 Å². The lowest BCUT2D eigenvalue weighted by Crippen LogP contribution is -2.43. The third-order valence-electron chi connectivity index (χ3n) is 2.75. The van der Waals surface area contributed by atoms with E-state index in [1.54, 1.807) is 24.3 Å². The molecule has 108 valence electrons. The highest BCUT2D eigenvalue weighted by Gasteiger charge is 2.23. The number of aliphatic hydroxyl groups excluding tert-OH is 1. The Morgan fingerprint density at radius 3 is 2.50 bits per heavy atom. The maximum atomic E-state index is 12.1. The number of aliphatic hydroxyl groups is 1. The summed E-state index contributed by atoms with van der Waals surface area (Å²) >= 11 is 0. The molecule has 0 atom stereocenters. The summed E-state index contributed by atoms with van der Waals surface area (Å²) in [7, 11) is -3.54. The van der Waals surface area contributed by atoms with E-state index in [2.05, 4.69) is 16.6 Å². The Balaban J connectivity index is 2.05. The first-order chi connectivity index (χ1) is 9.62. The quantitative estimate of drug-likeness (QED) is 0.771. The van der Waals surface area contributed by atoms with E-state index in [9.17, 15) is 8.42 Å². The van der Waals surface area contributed by atoms with Crippen LogP contribution >= 0.6 is 0 Å². The molecule has 0 unspecified atom stereocenters. The van der Waals surface area contributed by atoms with Crippen LogP contribution in [0.15, 0.2) is 24.3 Å². The summed E-state index contributed by atoms with van der Waals surface area (Å²) in [5.74, 6) is 5.27. The number of morpholine rings is 1. The van der Waals surface area contributed by atoms with Gasteiger partial charge in [0, 0.05) is 24.3 Å². The summed E-state index contributed by atoms with van der Waals surface area (Å²) in [4.78, 5) is 0. The van der Waals surface area contributed by atoms with Gasteiger partial charge in [0.1, 0.15) is 6.61 Å².